The number of rotatable bonds is 6. The number of ether oxygens (including phenoxy) is 1. The standard InChI is InChI=1S/C13H17F4NO2.ClH/c1-2-3-4-10(19)12(18)8-5-6-11(9(14)7-8)20-13(15,16)17;/h5-7,10,12,19H,2-4,18H2,1H3;1H/t10-,12+;/m0./s1. The van der Waals surface area contributed by atoms with E-state index in [1.54, 1.807) is 0 Å². The smallest absolute Gasteiger partial charge is 0.403 e. The van der Waals surface area contributed by atoms with Gasteiger partial charge in [0.2, 0.25) is 0 Å². The van der Waals surface area contributed by atoms with E-state index in [2.05, 4.69) is 4.74 Å². The van der Waals surface area contributed by atoms with E-state index in [1.165, 1.54) is 6.07 Å². The van der Waals surface area contributed by atoms with Crippen molar-refractivity contribution < 1.29 is 27.4 Å². The molecule has 0 saturated carbocycles. The highest BCUT2D eigenvalue weighted by Gasteiger charge is 2.32. The monoisotopic (exact) mass is 331 g/mol. The lowest BCUT2D eigenvalue weighted by Gasteiger charge is -2.19. The summed E-state index contributed by atoms with van der Waals surface area (Å²) >= 11 is 0. The van der Waals surface area contributed by atoms with Crippen LogP contribution in [0.15, 0.2) is 18.2 Å². The summed E-state index contributed by atoms with van der Waals surface area (Å²) in [6, 6.07) is 2.06. The first-order chi connectivity index (χ1) is 9.24. The summed E-state index contributed by atoms with van der Waals surface area (Å²) in [7, 11) is 0. The van der Waals surface area contributed by atoms with Crippen LogP contribution >= 0.6 is 12.4 Å². The van der Waals surface area contributed by atoms with Crippen molar-refractivity contribution in [3.05, 3.63) is 29.6 Å². The molecule has 0 aliphatic rings. The molecule has 0 heterocycles. The van der Waals surface area contributed by atoms with Crippen molar-refractivity contribution in [3.8, 4) is 5.75 Å². The van der Waals surface area contributed by atoms with Gasteiger partial charge >= 0.3 is 6.36 Å². The van der Waals surface area contributed by atoms with Crippen LogP contribution in [0, 0.1) is 5.82 Å². The van der Waals surface area contributed by atoms with Crippen LogP contribution in [0.5, 0.6) is 5.75 Å². The fourth-order valence-electron chi connectivity index (χ4n) is 1.75. The van der Waals surface area contributed by atoms with E-state index in [1.807, 2.05) is 6.92 Å². The first-order valence-electron chi connectivity index (χ1n) is 6.23. The van der Waals surface area contributed by atoms with Gasteiger partial charge in [-0.05, 0) is 24.1 Å². The number of alkyl halides is 3. The maximum absolute atomic E-state index is 13.5. The second-order valence-electron chi connectivity index (χ2n) is 4.47. The predicted octanol–water partition coefficient (Wildman–Crippen LogP) is 3.70. The molecule has 0 spiro atoms. The van der Waals surface area contributed by atoms with E-state index in [9.17, 15) is 22.7 Å². The lowest BCUT2D eigenvalue weighted by atomic mass is 9.98. The van der Waals surface area contributed by atoms with Crippen molar-refractivity contribution in [1.82, 2.24) is 0 Å². The molecule has 3 N–H and O–H groups in total. The van der Waals surface area contributed by atoms with Gasteiger partial charge in [0.05, 0.1) is 12.1 Å². The molecule has 0 aliphatic heterocycles. The normalized spacial score (nSPS) is 14.2. The molecule has 1 aromatic rings. The Morgan fingerprint density at radius 2 is 1.95 bits per heavy atom. The molecular formula is C13H18ClF4NO2. The zero-order valence-corrected chi connectivity index (χ0v) is 12.2. The topological polar surface area (TPSA) is 55.5 Å². The number of aliphatic hydroxyl groups is 1. The van der Waals surface area contributed by atoms with Crippen LogP contribution in [0.2, 0.25) is 0 Å². The molecule has 0 aromatic heterocycles. The molecule has 0 bridgehead atoms. The number of nitrogens with two attached hydrogens (primary N) is 1. The lowest BCUT2D eigenvalue weighted by Crippen LogP contribution is -2.26. The number of hydrogen-bond donors (Lipinski definition) is 2. The van der Waals surface area contributed by atoms with E-state index < -0.39 is 30.1 Å². The average Bonchev–Trinajstić information content (AvgIpc) is 2.36. The minimum absolute atomic E-state index is 0. The number of unbranched alkanes of at least 4 members (excludes halogenated alkanes) is 1. The third-order valence-corrected chi connectivity index (χ3v) is 2.83. The van der Waals surface area contributed by atoms with E-state index in [0.29, 0.717) is 6.42 Å². The number of aliphatic hydroxyl groups excluding tert-OH is 1. The molecule has 21 heavy (non-hydrogen) atoms. The number of halogens is 5. The lowest BCUT2D eigenvalue weighted by molar-refractivity contribution is -0.275. The van der Waals surface area contributed by atoms with Crippen LogP contribution in [-0.2, 0) is 0 Å². The highest BCUT2D eigenvalue weighted by molar-refractivity contribution is 5.85. The van der Waals surface area contributed by atoms with Crippen LogP contribution in [0.1, 0.15) is 37.8 Å². The molecule has 8 heteroatoms. The van der Waals surface area contributed by atoms with Crippen LogP contribution in [0.25, 0.3) is 0 Å². The van der Waals surface area contributed by atoms with Crippen molar-refractivity contribution in [2.24, 2.45) is 5.73 Å². The van der Waals surface area contributed by atoms with Crippen molar-refractivity contribution in [1.29, 1.82) is 0 Å². The van der Waals surface area contributed by atoms with Crippen molar-refractivity contribution >= 4 is 12.4 Å². The molecule has 3 nitrogen and oxygen atoms in total. The highest BCUT2D eigenvalue weighted by atomic mass is 35.5. The molecule has 0 fully saturated rings. The second kappa shape index (κ2) is 8.41. The zero-order chi connectivity index (χ0) is 15.3. The van der Waals surface area contributed by atoms with Gasteiger partial charge in [-0.15, -0.1) is 25.6 Å². The Labute approximate surface area is 126 Å². The molecule has 122 valence electrons. The summed E-state index contributed by atoms with van der Waals surface area (Å²) in [5.74, 6) is -2.09. The van der Waals surface area contributed by atoms with Gasteiger partial charge in [0, 0.05) is 0 Å². The van der Waals surface area contributed by atoms with Crippen LogP contribution in [-0.4, -0.2) is 17.6 Å². The number of hydrogen-bond acceptors (Lipinski definition) is 3. The minimum Gasteiger partial charge on any atom is -0.403 e. The van der Waals surface area contributed by atoms with Crippen LogP contribution in [0.3, 0.4) is 0 Å². The average molecular weight is 332 g/mol. The minimum atomic E-state index is -4.95. The quantitative estimate of drug-likeness (QED) is 0.782. The predicted molar refractivity (Wildman–Crippen MR) is 72.8 cm³/mol. The van der Waals surface area contributed by atoms with E-state index in [0.717, 1.165) is 25.0 Å². The Morgan fingerprint density at radius 1 is 1.33 bits per heavy atom. The van der Waals surface area contributed by atoms with Crippen molar-refractivity contribution in [2.45, 2.75) is 44.7 Å². The largest absolute Gasteiger partial charge is 0.573 e. The van der Waals surface area contributed by atoms with Gasteiger partial charge in [-0.25, -0.2) is 4.39 Å². The fraction of sp³-hybridized carbons (Fsp3) is 0.538. The molecule has 0 amide bonds. The maximum Gasteiger partial charge on any atom is 0.573 e. The Bertz CT molecular complexity index is 443. The number of benzene rings is 1. The SMILES string of the molecule is CCCC[C@H](O)[C@H](N)c1ccc(OC(F)(F)F)c(F)c1.Cl. The van der Waals surface area contributed by atoms with E-state index in [4.69, 9.17) is 5.73 Å². The molecule has 2 atom stereocenters. The Balaban J connectivity index is 0.00000400. The summed E-state index contributed by atoms with van der Waals surface area (Å²) in [6.07, 6.45) is -3.75. The Hall–Kier alpha value is -1.05. The van der Waals surface area contributed by atoms with Crippen molar-refractivity contribution in [2.75, 3.05) is 0 Å². The summed E-state index contributed by atoms with van der Waals surface area (Å²) < 4.78 is 53.0. The molecular weight excluding hydrogens is 314 g/mol. The third-order valence-electron chi connectivity index (χ3n) is 2.83. The van der Waals surface area contributed by atoms with Gasteiger partial charge in [-0.3, -0.25) is 0 Å². The van der Waals surface area contributed by atoms with Gasteiger partial charge in [0.15, 0.2) is 11.6 Å². The molecule has 0 aliphatic carbocycles. The van der Waals surface area contributed by atoms with Gasteiger partial charge in [-0.1, -0.05) is 25.8 Å². The van der Waals surface area contributed by atoms with Gasteiger partial charge in [0.25, 0.3) is 0 Å². The molecule has 1 rings (SSSR count). The fourth-order valence-corrected chi connectivity index (χ4v) is 1.75. The molecule has 0 unspecified atom stereocenters. The third kappa shape index (κ3) is 6.50. The highest BCUT2D eigenvalue weighted by Crippen LogP contribution is 2.28. The summed E-state index contributed by atoms with van der Waals surface area (Å²) in [5.41, 5.74) is 5.97. The summed E-state index contributed by atoms with van der Waals surface area (Å²) in [5, 5.41) is 9.79. The Morgan fingerprint density at radius 3 is 2.43 bits per heavy atom. The first-order valence-corrected chi connectivity index (χ1v) is 6.23. The van der Waals surface area contributed by atoms with E-state index >= 15 is 0 Å². The molecule has 0 radical (unpaired) electrons. The van der Waals surface area contributed by atoms with Crippen LogP contribution < -0.4 is 10.5 Å². The summed E-state index contributed by atoms with van der Waals surface area (Å²) in [4.78, 5) is 0. The zero-order valence-electron chi connectivity index (χ0n) is 11.4. The van der Waals surface area contributed by atoms with Gasteiger partial charge in [0.1, 0.15) is 0 Å². The van der Waals surface area contributed by atoms with Gasteiger partial charge < -0.3 is 15.6 Å². The first kappa shape index (κ1) is 19.9. The van der Waals surface area contributed by atoms with Crippen LogP contribution in [0.4, 0.5) is 17.6 Å². The summed E-state index contributed by atoms with van der Waals surface area (Å²) in [6.45, 7) is 1.95. The van der Waals surface area contributed by atoms with E-state index in [-0.39, 0.29) is 18.0 Å². The second-order valence-corrected chi connectivity index (χ2v) is 4.47. The molecule has 0 saturated heterocycles. The Kier molecular flexibility index (Phi) is 7.99. The van der Waals surface area contributed by atoms with Gasteiger partial charge in [-0.2, -0.15) is 0 Å². The molecule has 1 aromatic carbocycles. The maximum atomic E-state index is 13.5. The van der Waals surface area contributed by atoms with Crippen molar-refractivity contribution in [3.63, 3.8) is 0 Å².